The molecule has 0 aromatic heterocycles. The second-order valence-corrected chi connectivity index (χ2v) is 6.28. The van der Waals surface area contributed by atoms with Crippen molar-refractivity contribution in [2.45, 2.75) is 30.9 Å². The summed E-state index contributed by atoms with van der Waals surface area (Å²) in [5.74, 6) is 0.0272. The van der Waals surface area contributed by atoms with Crippen LogP contribution < -0.4 is 5.32 Å². The maximum Gasteiger partial charge on any atom is 0.237 e. The van der Waals surface area contributed by atoms with Crippen LogP contribution in [0.4, 0.5) is 5.69 Å². The smallest absolute Gasteiger partial charge is 0.237 e. The Morgan fingerprint density at radius 1 is 1.05 bits per heavy atom. The zero-order valence-corrected chi connectivity index (χ0v) is 12.8. The fourth-order valence-corrected chi connectivity index (χ4v) is 2.78. The van der Waals surface area contributed by atoms with E-state index in [4.69, 9.17) is 0 Å². The first-order chi connectivity index (χ1) is 9.56. The van der Waals surface area contributed by atoms with Gasteiger partial charge in [-0.15, -0.1) is 11.8 Å². The van der Waals surface area contributed by atoms with Gasteiger partial charge < -0.3 is 5.32 Å². The van der Waals surface area contributed by atoms with E-state index in [2.05, 4.69) is 37.4 Å². The highest BCUT2D eigenvalue weighted by Crippen LogP contribution is 2.26. The Labute approximate surface area is 124 Å². The normalized spacial score (nSPS) is 11.9. The predicted molar refractivity (Wildman–Crippen MR) is 86.3 cm³/mol. The van der Waals surface area contributed by atoms with E-state index in [1.54, 1.807) is 11.8 Å². The van der Waals surface area contributed by atoms with Gasteiger partial charge in [-0.3, -0.25) is 4.79 Å². The predicted octanol–water partition coefficient (Wildman–Crippen LogP) is 4.42. The molecule has 0 aliphatic carbocycles. The van der Waals surface area contributed by atoms with Gasteiger partial charge in [0.1, 0.15) is 0 Å². The molecule has 3 heteroatoms. The van der Waals surface area contributed by atoms with E-state index in [1.807, 2.05) is 37.3 Å². The Hall–Kier alpha value is -1.74. The quantitative estimate of drug-likeness (QED) is 0.842. The van der Waals surface area contributed by atoms with E-state index in [0.717, 1.165) is 10.6 Å². The van der Waals surface area contributed by atoms with Gasteiger partial charge in [0.2, 0.25) is 5.91 Å². The number of aryl methyl sites for hydroxylation is 2. The molecule has 0 bridgehead atoms. The lowest BCUT2D eigenvalue weighted by Gasteiger charge is -2.13. The molecule has 0 unspecified atom stereocenters. The zero-order valence-electron chi connectivity index (χ0n) is 12.0. The number of carbonyl (C=O) groups excluding carboxylic acids is 1. The van der Waals surface area contributed by atoms with Crippen molar-refractivity contribution in [3.63, 3.8) is 0 Å². The third-order valence-electron chi connectivity index (χ3n) is 3.20. The zero-order chi connectivity index (χ0) is 14.5. The molecule has 1 N–H and O–H groups in total. The lowest BCUT2D eigenvalue weighted by molar-refractivity contribution is -0.115. The highest BCUT2D eigenvalue weighted by atomic mass is 32.2. The van der Waals surface area contributed by atoms with Crippen LogP contribution in [0.2, 0.25) is 0 Å². The minimum Gasteiger partial charge on any atom is -0.325 e. The average molecular weight is 285 g/mol. The lowest BCUT2D eigenvalue weighted by Crippen LogP contribution is -2.22. The molecule has 1 amide bonds. The minimum absolute atomic E-state index is 0.0272. The van der Waals surface area contributed by atoms with E-state index in [1.165, 1.54) is 11.1 Å². The van der Waals surface area contributed by atoms with Crippen LogP contribution in [-0.4, -0.2) is 11.2 Å². The molecule has 2 rings (SSSR count). The SMILES string of the molecule is Cc1ccc(S[C@@H](C)C(=O)Nc2ccccc2)cc1C. The maximum absolute atomic E-state index is 12.1. The summed E-state index contributed by atoms with van der Waals surface area (Å²) in [7, 11) is 0. The summed E-state index contributed by atoms with van der Waals surface area (Å²) in [6.45, 7) is 6.11. The highest BCUT2D eigenvalue weighted by molar-refractivity contribution is 8.00. The molecular formula is C17H19NOS. The Bertz CT molecular complexity index is 595. The van der Waals surface area contributed by atoms with Crippen molar-refractivity contribution in [3.8, 4) is 0 Å². The van der Waals surface area contributed by atoms with Gasteiger partial charge in [0.25, 0.3) is 0 Å². The molecule has 0 heterocycles. The van der Waals surface area contributed by atoms with E-state index in [9.17, 15) is 4.79 Å². The van der Waals surface area contributed by atoms with Crippen molar-refractivity contribution >= 4 is 23.4 Å². The molecule has 104 valence electrons. The van der Waals surface area contributed by atoms with Gasteiger partial charge in [0.05, 0.1) is 5.25 Å². The molecule has 2 aromatic rings. The third kappa shape index (κ3) is 3.87. The number of hydrogen-bond acceptors (Lipinski definition) is 2. The molecular weight excluding hydrogens is 266 g/mol. The Morgan fingerprint density at radius 2 is 1.75 bits per heavy atom. The molecule has 0 saturated heterocycles. The van der Waals surface area contributed by atoms with Crippen molar-refractivity contribution in [1.29, 1.82) is 0 Å². The van der Waals surface area contributed by atoms with Crippen LogP contribution >= 0.6 is 11.8 Å². The van der Waals surface area contributed by atoms with E-state index >= 15 is 0 Å². The van der Waals surface area contributed by atoms with Crippen molar-refractivity contribution in [2.75, 3.05) is 5.32 Å². The first-order valence-electron chi connectivity index (χ1n) is 6.66. The summed E-state index contributed by atoms with van der Waals surface area (Å²) in [5, 5.41) is 2.80. The largest absolute Gasteiger partial charge is 0.325 e. The highest BCUT2D eigenvalue weighted by Gasteiger charge is 2.14. The molecule has 0 aliphatic rings. The molecule has 0 aliphatic heterocycles. The van der Waals surface area contributed by atoms with Gasteiger partial charge >= 0.3 is 0 Å². The van der Waals surface area contributed by atoms with Crippen LogP contribution in [-0.2, 0) is 4.79 Å². The fraction of sp³-hybridized carbons (Fsp3) is 0.235. The topological polar surface area (TPSA) is 29.1 Å². The number of thioether (sulfide) groups is 1. The van der Waals surface area contributed by atoms with Crippen LogP contribution in [0.5, 0.6) is 0 Å². The Kier molecular flexibility index (Phi) is 4.85. The molecule has 2 aromatic carbocycles. The molecule has 2 nitrogen and oxygen atoms in total. The van der Waals surface area contributed by atoms with Crippen LogP contribution in [0.1, 0.15) is 18.1 Å². The summed E-state index contributed by atoms with van der Waals surface area (Å²) in [6.07, 6.45) is 0. The summed E-state index contributed by atoms with van der Waals surface area (Å²) in [4.78, 5) is 13.3. The summed E-state index contributed by atoms with van der Waals surface area (Å²) in [6, 6.07) is 15.8. The second kappa shape index (κ2) is 6.62. The lowest BCUT2D eigenvalue weighted by atomic mass is 10.1. The van der Waals surface area contributed by atoms with Gasteiger partial charge in [0.15, 0.2) is 0 Å². The molecule has 0 fully saturated rings. The van der Waals surface area contributed by atoms with E-state index < -0.39 is 0 Å². The average Bonchev–Trinajstić information content (AvgIpc) is 2.44. The standard InChI is InChI=1S/C17H19NOS/c1-12-9-10-16(11-13(12)2)20-14(3)17(19)18-15-7-5-4-6-8-15/h4-11,14H,1-3H3,(H,18,19)/t14-/m0/s1. The summed E-state index contributed by atoms with van der Waals surface area (Å²) >= 11 is 1.58. The summed E-state index contributed by atoms with van der Waals surface area (Å²) < 4.78 is 0. The van der Waals surface area contributed by atoms with Gasteiger partial charge in [-0.2, -0.15) is 0 Å². The number of carbonyl (C=O) groups is 1. The van der Waals surface area contributed by atoms with E-state index in [0.29, 0.717) is 0 Å². The van der Waals surface area contributed by atoms with E-state index in [-0.39, 0.29) is 11.2 Å². The molecule has 0 saturated carbocycles. The van der Waals surface area contributed by atoms with Crippen molar-refractivity contribution in [3.05, 3.63) is 59.7 Å². The number of hydrogen-bond donors (Lipinski definition) is 1. The van der Waals surface area contributed by atoms with Crippen molar-refractivity contribution in [1.82, 2.24) is 0 Å². The monoisotopic (exact) mass is 285 g/mol. The number of rotatable bonds is 4. The van der Waals surface area contributed by atoms with Gasteiger partial charge in [-0.25, -0.2) is 0 Å². The number of nitrogens with one attached hydrogen (secondary N) is 1. The number of amides is 1. The molecule has 20 heavy (non-hydrogen) atoms. The first-order valence-corrected chi connectivity index (χ1v) is 7.54. The molecule has 0 radical (unpaired) electrons. The number of anilines is 1. The minimum atomic E-state index is -0.127. The van der Waals surface area contributed by atoms with Crippen LogP contribution in [0.25, 0.3) is 0 Å². The first kappa shape index (κ1) is 14.7. The molecule has 0 spiro atoms. The Balaban J connectivity index is 1.98. The Morgan fingerprint density at radius 3 is 2.40 bits per heavy atom. The van der Waals surface area contributed by atoms with Crippen molar-refractivity contribution < 1.29 is 4.79 Å². The fourth-order valence-electron chi connectivity index (χ4n) is 1.81. The summed E-state index contributed by atoms with van der Waals surface area (Å²) in [5.41, 5.74) is 3.37. The van der Waals surface area contributed by atoms with Crippen molar-refractivity contribution in [2.24, 2.45) is 0 Å². The number of para-hydroxylation sites is 1. The maximum atomic E-state index is 12.1. The molecule has 1 atom stereocenters. The van der Waals surface area contributed by atoms with Crippen LogP contribution in [0.15, 0.2) is 53.4 Å². The van der Waals surface area contributed by atoms with Gasteiger partial charge in [0, 0.05) is 10.6 Å². The van der Waals surface area contributed by atoms with Crippen LogP contribution in [0, 0.1) is 13.8 Å². The van der Waals surface area contributed by atoms with Gasteiger partial charge in [-0.05, 0) is 56.2 Å². The van der Waals surface area contributed by atoms with Crippen LogP contribution in [0.3, 0.4) is 0 Å². The second-order valence-electron chi connectivity index (χ2n) is 4.86. The third-order valence-corrected chi connectivity index (χ3v) is 4.30. The number of benzene rings is 2. The van der Waals surface area contributed by atoms with Gasteiger partial charge in [-0.1, -0.05) is 24.3 Å².